The van der Waals surface area contributed by atoms with E-state index in [4.69, 9.17) is 21.2 Å². The number of nitrogens with zero attached hydrogens (tertiary/aromatic N) is 1. The first kappa shape index (κ1) is 26.6. The van der Waals surface area contributed by atoms with E-state index in [9.17, 15) is 19.8 Å². The molecule has 190 valence electrons. The minimum atomic E-state index is -0.767. The van der Waals surface area contributed by atoms with Crippen LogP contribution >= 0.6 is 11.6 Å². The van der Waals surface area contributed by atoms with E-state index in [1.54, 1.807) is 6.08 Å². The molecule has 1 fully saturated rings. The molecule has 0 bridgehead atoms. The molecule has 0 aliphatic carbocycles. The largest absolute Gasteiger partial charge is 0.507 e. The number of likely N-dealkylation sites (tertiary alicyclic amines) is 1. The average molecular weight is 505 g/mol. The van der Waals surface area contributed by atoms with Gasteiger partial charge in [-0.15, -0.1) is 0 Å². The SMILES string of the molecule is CCC1CCCCN1C(=O)CON/C1=C\c2c(Cl)c(O)cc(O)c2C(=O)OCCC=CCCC=C1. The molecule has 1 saturated heterocycles. The van der Waals surface area contributed by atoms with Gasteiger partial charge in [-0.25, -0.2) is 4.79 Å². The van der Waals surface area contributed by atoms with Crippen LogP contribution in [0.5, 0.6) is 11.5 Å². The molecule has 1 amide bonds. The van der Waals surface area contributed by atoms with Crippen LogP contribution in [0.15, 0.2) is 36.1 Å². The van der Waals surface area contributed by atoms with Crippen LogP contribution in [0.3, 0.4) is 0 Å². The second kappa shape index (κ2) is 13.2. The number of nitrogens with one attached hydrogen (secondary N) is 1. The number of fused-ring (bicyclic) bond motifs is 1. The Balaban J connectivity index is 1.85. The topological polar surface area (TPSA) is 108 Å². The summed E-state index contributed by atoms with van der Waals surface area (Å²) in [5.41, 5.74) is 3.05. The Morgan fingerprint density at radius 3 is 2.77 bits per heavy atom. The van der Waals surface area contributed by atoms with Crippen LogP contribution in [0.25, 0.3) is 6.08 Å². The summed E-state index contributed by atoms with van der Waals surface area (Å²) in [5.74, 6) is -1.71. The highest BCUT2D eigenvalue weighted by Crippen LogP contribution is 2.38. The number of piperidine rings is 1. The molecule has 0 spiro atoms. The van der Waals surface area contributed by atoms with Crippen molar-refractivity contribution in [2.45, 2.75) is 57.9 Å². The molecule has 2 aliphatic heterocycles. The van der Waals surface area contributed by atoms with Crippen LogP contribution in [0, 0.1) is 0 Å². The number of hydrogen-bond donors (Lipinski definition) is 3. The summed E-state index contributed by atoms with van der Waals surface area (Å²) in [5, 5.41) is 20.4. The van der Waals surface area contributed by atoms with Crippen molar-refractivity contribution in [3.05, 3.63) is 52.2 Å². The molecule has 2 heterocycles. The van der Waals surface area contributed by atoms with Crippen molar-refractivity contribution in [2.75, 3.05) is 19.8 Å². The first-order valence-electron chi connectivity index (χ1n) is 12.0. The summed E-state index contributed by atoms with van der Waals surface area (Å²) < 4.78 is 5.29. The zero-order valence-corrected chi connectivity index (χ0v) is 20.7. The van der Waals surface area contributed by atoms with Gasteiger partial charge in [0, 0.05) is 24.2 Å². The van der Waals surface area contributed by atoms with Gasteiger partial charge in [0.1, 0.15) is 17.1 Å². The Bertz CT molecular complexity index is 1000. The van der Waals surface area contributed by atoms with Gasteiger partial charge >= 0.3 is 5.97 Å². The maximum atomic E-state index is 12.7. The number of ether oxygens (including phenoxy) is 1. The Morgan fingerprint density at radius 1 is 1.20 bits per heavy atom. The van der Waals surface area contributed by atoms with Crippen LogP contribution < -0.4 is 5.48 Å². The number of phenolic OH excluding ortho intramolecular Hbond substituents is 2. The highest BCUT2D eigenvalue weighted by molar-refractivity contribution is 6.34. The molecule has 3 N–H and O–H groups in total. The number of halogens is 1. The van der Waals surface area contributed by atoms with Gasteiger partial charge in [0.2, 0.25) is 0 Å². The van der Waals surface area contributed by atoms with E-state index in [0.29, 0.717) is 12.1 Å². The lowest BCUT2D eigenvalue weighted by Gasteiger charge is -2.35. The van der Waals surface area contributed by atoms with Crippen molar-refractivity contribution >= 4 is 29.6 Å². The standard InChI is InChI=1S/C26H33ClN2O6/c1-2-19-12-8-9-13-29(19)23(32)17-35-28-18-11-7-5-3-4-6-10-14-34-26(33)24-20(15-18)25(27)22(31)16-21(24)30/h4,6-7,11,15-16,19,28,30-31H,2-3,5,8-10,12-14,17H2,1H3/b6-4?,11-7?,18-15-. The Morgan fingerprint density at radius 2 is 1.97 bits per heavy atom. The van der Waals surface area contributed by atoms with Crippen LogP contribution in [0.4, 0.5) is 0 Å². The van der Waals surface area contributed by atoms with E-state index in [1.165, 1.54) is 6.08 Å². The molecule has 1 unspecified atom stereocenters. The fraction of sp³-hybridized carbons (Fsp3) is 0.462. The smallest absolute Gasteiger partial charge is 0.342 e. The normalized spacial score (nSPS) is 20.9. The van der Waals surface area contributed by atoms with E-state index in [1.807, 2.05) is 23.1 Å². The summed E-state index contributed by atoms with van der Waals surface area (Å²) >= 11 is 6.30. The maximum Gasteiger partial charge on any atom is 0.342 e. The second-order valence-electron chi connectivity index (χ2n) is 8.53. The van der Waals surface area contributed by atoms with Gasteiger partial charge in [-0.3, -0.25) is 15.1 Å². The third-order valence-corrected chi connectivity index (χ3v) is 6.45. The van der Waals surface area contributed by atoms with Gasteiger partial charge in [-0.2, -0.15) is 0 Å². The van der Waals surface area contributed by atoms with Crippen LogP contribution in [-0.4, -0.2) is 52.8 Å². The van der Waals surface area contributed by atoms with Gasteiger partial charge in [-0.1, -0.05) is 36.8 Å². The molecular weight excluding hydrogens is 472 g/mol. The summed E-state index contributed by atoms with van der Waals surface area (Å²) in [6.07, 6.45) is 15.1. The molecule has 1 aromatic carbocycles. The lowest BCUT2D eigenvalue weighted by Crippen LogP contribution is -2.45. The molecule has 1 atom stereocenters. The first-order chi connectivity index (χ1) is 16.9. The van der Waals surface area contributed by atoms with Crippen molar-refractivity contribution in [3.63, 3.8) is 0 Å². The number of allylic oxidation sites excluding steroid dienone is 3. The highest BCUT2D eigenvalue weighted by Gasteiger charge is 2.26. The number of esters is 1. The lowest BCUT2D eigenvalue weighted by atomic mass is 10.00. The van der Waals surface area contributed by atoms with E-state index < -0.39 is 11.7 Å². The van der Waals surface area contributed by atoms with Crippen molar-refractivity contribution in [1.29, 1.82) is 0 Å². The van der Waals surface area contributed by atoms with Gasteiger partial charge in [0.25, 0.3) is 5.91 Å². The Kier molecular flexibility index (Phi) is 10.0. The molecule has 3 rings (SSSR count). The Labute approximate surface area is 210 Å². The van der Waals surface area contributed by atoms with Crippen LogP contribution in [0.1, 0.15) is 67.8 Å². The number of aromatic hydroxyl groups is 2. The minimum absolute atomic E-state index is 0.0749. The zero-order chi connectivity index (χ0) is 25.2. The maximum absolute atomic E-state index is 12.7. The third-order valence-electron chi connectivity index (χ3n) is 6.05. The van der Waals surface area contributed by atoms with E-state index >= 15 is 0 Å². The quantitative estimate of drug-likeness (QED) is 0.298. The van der Waals surface area contributed by atoms with Gasteiger partial charge in [0.15, 0.2) is 6.61 Å². The van der Waals surface area contributed by atoms with Gasteiger partial charge in [-0.05, 0) is 57.1 Å². The number of benzene rings is 1. The monoisotopic (exact) mass is 504 g/mol. The molecular formula is C26H33ClN2O6. The van der Waals surface area contributed by atoms with E-state index in [0.717, 1.165) is 51.1 Å². The number of rotatable bonds is 5. The predicted octanol–water partition coefficient (Wildman–Crippen LogP) is 4.86. The predicted molar refractivity (Wildman–Crippen MR) is 134 cm³/mol. The fourth-order valence-corrected chi connectivity index (χ4v) is 4.42. The fourth-order valence-electron chi connectivity index (χ4n) is 4.22. The molecule has 35 heavy (non-hydrogen) atoms. The van der Waals surface area contributed by atoms with Crippen molar-refractivity contribution in [1.82, 2.24) is 10.4 Å². The average Bonchev–Trinajstić information content (AvgIpc) is 2.85. The number of amides is 1. The summed E-state index contributed by atoms with van der Waals surface area (Å²) in [4.78, 5) is 32.8. The summed E-state index contributed by atoms with van der Waals surface area (Å²) in [7, 11) is 0. The number of hydroxylamine groups is 1. The van der Waals surface area contributed by atoms with Crippen molar-refractivity contribution in [3.8, 4) is 11.5 Å². The Hall–Kier alpha value is -2.97. The minimum Gasteiger partial charge on any atom is -0.507 e. The van der Waals surface area contributed by atoms with Gasteiger partial charge in [0.05, 0.1) is 17.3 Å². The molecule has 2 aliphatic rings. The highest BCUT2D eigenvalue weighted by atomic mass is 35.5. The van der Waals surface area contributed by atoms with Gasteiger partial charge < -0.3 is 19.8 Å². The molecule has 9 heteroatoms. The summed E-state index contributed by atoms with van der Waals surface area (Å²) in [6, 6.07) is 1.23. The molecule has 0 aromatic heterocycles. The molecule has 0 radical (unpaired) electrons. The number of carbonyl (C=O) groups excluding carboxylic acids is 2. The molecule has 1 aromatic rings. The lowest BCUT2D eigenvalue weighted by molar-refractivity contribution is -0.142. The van der Waals surface area contributed by atoms with Crippen LogP contribution in [-0.2, 0) is 14.4 Å². The molecule has 8 nitrogen and oxygen atoms in total. The third kappa shape index (κ3) is 7.26. The number of phenols is 2. The van der Waals surface area contributed by atoms with Crippen molar-refractivity contribution < 1.29 is 29.4 Å². The second-order valence-corrected chi connectivity index (χ2v) is 8.91. The number of cyclic esters (lactones) is 1. The van der Waals surface area contributed by atoms with E-state index in [2.05, 4.69) is 12.4 Å². The molecule has 0 saturated carbocycles. The van der Waals surface area contributed by atoms with Crippen LogP contribution in [0.2, 0.25) is 5.02 Å². The zero-order valence-electron chi connectivity index (χ0n) is 20.0. The van der Waals surface area contributed by atoms with Crippen molar-refractivity contribution in [2.24, 2.45) is 0 Å². The number of hydrogen-bond acceptors (Lipinski definition) is 7. The summed E-state index contributed by atoms with van der Waals surface area (Å²) in [6.45, 7) is 2.77. The number of carbonyl (C=O) groups is 2. The first-order valence-corrected chi connectivity index (χ1v) is 12.4. The van der Waals surface area contributed by atoms with E-state index in [-0.39, 0.29) is 47.1 Å².